The fourth-order valence-corrected chi connectivity index (χ4v) is 1.96. The van der Waals surface area contributed by atoms with Crippen LogP contribution in [0.25, 0.3) is 11.3 Å². The number of aryl methyl sites for hydroxylation is 1. The van der Waals surface area contributed by atoms with Crippen molar-refractivity contribution >= 4 is 0 Å². The first-order valence-electron chi connectivity index (χ1n) is 6.04. The largest absolute Gasteiger partial charge is 0.310 e. The second-order valence-electron chi connectivity index (χ2n) is 4.28. The van der Waals surface area contributed by atoms with Crippen molar-refractivity contribution in [1.29, 1.82) is 0 Å². The van der Waals surface area contributed by atoms with Gasteiger partial charge in [-0.2, -0.15) is 5.10 Å². The Kier molecular flexibility index (Phi) is 3.59. The standard InChI is InChI=1S/C14H19N3/c1-4-15-11(2)12-6-5-7-13(10-12)14-8-9-17(3)16-14/h5-11,15H,4H2,1-3H3. The maximum absolute atomic E-state index is 4.42. The van der Waals surface area contributed by atoms with E-state index in [2.05, 4.69) is 48.5 Å². The highest BCUT2D eigenvalue weighted by Crippen LogP contribution is 2.21. The van der Waals surface area contributed by atoms with Gasteiger partial charge in [-0.25, -0.2) is 0 Å². The van der Waals surface area contributed by atoms with E-state index in [1.54, 1.807) is 0 Å². The van der Waals surface area contributed by atoms with Gasteiger partial charge in [-0.15, -0.1) is 0 Å². The fourth-order valence-electron chi connectivity index (χ4n) is 1.96. The summed E-state index contributed by atoms with van der Waals surface area (Å²) in [5.74, 6) is 0. The van der Waals surface area contributed by atoms with Crippen LogP contribution in [0.5, 0.6) is 0 Å². The first-order valence-corrected chi connectivity index (χ1v) is 6.04. The van der Waals surface area contributed by atoms with Crippen LogP contribution in [0.15, 0.2) is 36.5 Å². The zero-order valence-electron chi connectivity index (χ0n) is 10.6. The van der Waals surface area contributed by atoms with Crippen LogP contribution in [-0.4, -0.2) is 16.3 Å². The molecule has 0 aliphatic heterocycles. The summed E-state index contributed by atoms with van der Waals surface area (Å²) in [6.45, 7) is 5.29. The molecule has 0 amide bonds. The molecule has 2 rings (SSSR count). The zero-order valence-corrected chi connectivity index (χ0v) is 10.6. The lowest BCUT2D eigenvalue weighted by molar-refractivity contribution is 0.598. The number of nitrogens with one attached hydrogen (secondary N) is 1. The highest BCUT2D eigenvalue weighted by atomic mass is 15.2. The van der Waals surface area contributed by atoms with E-state index < -0.39 is 0 Å². The summed E-state index contributed by atoms with van der Waals surface area (Å²) in [7, 11) is 1.94. The number of hydrogen-bond acceptors (Lipinski definition) is 2. The Morgan fingerprint density at radius 3 is 2.82 bits per heavy atom. The van der Waals surface area contributed by atoms with Crippen LogP contribution in [0, 0.1) is 0 Å². The number of benzene rings is 1. The Morgan fingerprint density at radius 2 is 2.18 bits per heavy atom. The van der Waals surface area contributed by atoms with Gasteiger partial charge in [0.2, 0.25) is 0 Å². The average Bonchev–Trinajstić information content (AvgIpc) is 2.76. The molecule has 0 fully saturated rings. The van der Waals surface area contributed by atoms with E-state index in [1.165, 1.54) is 11.1 Å². The molecule has 1 aromatic heterocycles. The van der Waals surface area contributed by atoms with Gasteiger partial charge in [0.1, 0.15) is 0 Å². The Labute approximate surface area is 102 Å². The molecule has 17 heavy (non-hydrogen) atoms. The molecule has 90 valence electrons. The van der Waals surface area contributed by atoms with Gasteiger partial charge < -0.3 is 5.32 Å². The lowest BCUT2D eigenvalue weighted by Crippen LogP contribution is -2.17. The van der Waals surface area contributed by atoms with Crippen molar-refractivity contribution in [2.45, 2.75) is 19.9 Å². The molecule has 3 nitrogen and oxygen atoms in total. The summed E-state index contributed by atoms with van der Waals surface area (Å²) in [5.41, 5.74) is 3.50. The van der Waals surface area contributed by atoms with Gasteiger partial charge in [0.05, 0.1) is 5.69 Å². The van der Waals surface area contributed by atoms with E-state index in [1.807, 2.05) is 24.0 Å². The van der Waals surface area contributed by atoms with Crippen molar-refractivity contribution in [2.75, 3.05) is 6.54 Å². The van der Waals surface area contributed by atoms with Gasteiger partial charge in [0, 0.05) is 24.8 Å². The summed E-state index contributed by atoms with van der Waals surface area (Å²) in [6, 6.07) is 11.0. The Hall–Kier alpha value is -1.61. The third kappa shape index (κ3) is 2.74. The Balaban J connectivity index is 2.28. The molecule has 2 aromatic rings. The Bertz CT molecular complexity index is 488. The zero-order chi connectivity index (χ0) is 12.3. The average molecular weight is 229 g/mol. The minimum atomic E-state index is 0.378. The maximum atomic E-state index is 4.42. The quantitative estimate of drug-likeness (QED) is 0.873. The van der Waals surface area contributed by atoms with Crippen molar-refractivity contribution in [2.24, 2.45) is 7.05 Å². The first kappa shape index (κ1) is 11.9. The maximum Gasteiger partial charge on any atom is 0.0923 e. The van der Waals surface area contributed by atoms with Crippen LogP contribution in [0.3, 0.4) is 0 Å². The highest BCUT2D eigenvalue weighted by Gasteiger charge is 2.06. The summed E-state index contributed by atoms with van der Waals surface area (Å²) >= 11 is 0. The summed E-state index contributed by atoms with van der Waals surface area (Å²) in [6.07, 6.45) is 1.97. The molecule has 1 unspecified atom stereocenters. The minimum Gasteiger partial charge on any atom is -0.310 e. The van der Waals surface area contributed by atoms with E-state index in [4.69, 9.17) is 0 Å². The second-order valence-corrected chi connectivity index (χ2v) is 4.28. The summed E-state index contributed by atoms with van der Waals surface area (Å²) in [5, 5.41) is 7.84. The minimum absolute atomic E-state index is 0.378. The van der Waals surface area contributed by atoms with Crippen LogP contribution in [0.4, 0.5) is 0 Å². The predicted molar refractivity (Wildman–Crippen MR) is 70.7 cm³/mol. The fraction of sp³-hybridized carbons (Fsp3) is 0.357. The number of nitrogens with zero attached hydrogens (tertiary/aromatic N) is 2. The van der Waals surface area contributed by atoms with Gasteiger partial charge >= 0.3 is 0 Å². The van der Waals surface area contributed by atoms with E-state index in [9.17, 15) is 0 Å². The predicted octanol–water partition coefficient (Wildman–Crippen LogP) is 2.76. The number of rotatable bonds is 4. The molecule has 0 bridgehead atoms. The van der Waals surface area contributed by atoms with Crippen LogP contribution in [0.2, 0.25) is 0 Å². The van der Waals surface area contributed by atoms with Crippen molar-refractivity contribution in [3.63, 3.8) is 0 Å². The topological polar surface area (TPSA) is 29.9 Å². The highest BCUT2D eigenvalue weighted by molar-refractivity contribution is 5.59. The first-order chi connectivity index (χ1) is 8.20. The lowest BCUT2D eigenvalue weighted by atomic mass is 10.0. The van der Waals surface area contributed by atoms with Crippen LogP contribution < -0.4 is 5.32 Å². The third-order valence-electron chi connectivity index (χ3n) is 2.91. The summed E-state index contributed by atoms with van der Waals surface area (Å²) in [4.78, 5) is 0. The molecule has 1 atom stereocenters. The van der Waals surface area contributed by atoms with Gasteiger partial charge in [-0.1, -0.05) is 25.1 Å². The van der Waals surface area contributed by atoms with Crippen molar-refractivity contribution < 1.29 is 0 Å². The molecule has 0 saturated carbocycles. The molecular formula is C14H19N3. The Morgan fingerprint density at radius 1 is 1.35 bits per heavy atom. The van der Waals surface area contributed by atoms with Gasteiger partial charge in [0.15, 0.2) is 0 Å². The molecule has 1 aromatic carbocycles. The molecule has 3 heteroatoms. The third-order valence-corrected chi connectivity index (χ3v) is 2.91. The molecule has 1 N–H and O–H groups in total. The van der Waals surface area contributed by atoms with E-state index in [0.717, 1.165) is 12.2 Å². The monoisotopic (exact) mass is 229 g/mol. The molecule has 1 heterocycles. The molecule has 0 radical (unpaired) electrons. The normalized spacial score (nSPS) is 12.6. The molecule has 0 saturated heterocycles. The van der Waals surface area contributed by atoms with Crippen LogP contribution >= 0.6 is 0 Å². The van der Waals surface area contributed by atoms with E-state index in [-0.39, 0.29) is 0 Å². The molecule has 0 aliphatic carbocycles. The second kappa shape index (κ2) is 5.15. The van der Waals surface area contributed by atoms with Crippen molar-refractivity contribution in [3.8, 4) is 11.3 Å². The van der Waals surface area contributed by atoms with Crippen LogP contribution in [-0.2, 0) is 7.05 Å². The van der Waals surface area contributed by atoms with Gasteiger partial charge in [-0.05, 0) is 31.2 Å². The smallest absolute Gasteiger partial charge is 0.0923 e. The SMILES string of the molecule is CCNC(C)c1cccc(-c2ccn(C)n2)c1. The van der Waals surface area contributed by atoms with Gasteiger partial charge in [-0.3, -0.25) is 4.68 Å². The molecular weight excluding hydrogens is 210 g/mol. The molecule has 0 aliphatic rings. The number of aromatic nitrogens is 2. The molecule has 0 spiro atoms. The number of hydrogen-bond donors (Lipinski definition) is 1. The lowest BCUT2D eigenvalue weighted by Gasteiger charge is -2.13. The van der Waals surface area contributed by atoms with E-state index >= 15 is 0 Å². The van der Waals surface area contributed by atoms with Gasteiger partial charge in [0.25, 0.3) is 0 Å². The van der Waals surface area contributed by atoms with Crippen molar-refractivity contribution in [1.82, 2.24) is 15.1 Å². The van der Waals surface area contributed by atoms with E-state index in [0.29, 0.717) is 6.04 Å². The van der Waals surface area contributed by atoms with Crippen molar-refractivity contribution in [3.05, 3.63) is 42.1 Å². The van der Waals surface area contributed by atoms with Crippen LogP contribution in [0.1, 0.15) is 25.5 Å². The summed E-state index contributed by atoms with van der Waals surface area (Å²) < 4.78 is 1.83.